The second-order valence-corrected chi connectivity index (χ2v) is 6.91. The molecule has 1 atom stereocenters. The van der Waals surface area contributed by atoms with Gasteiger partial charge in [0.15, 0.2) is 0 Å². The first kappa shape index (κ1) is 14.0. The molecule has 0 saturated heterocycles. The molecule has 0 spiro atoms. The number of aliphatic hydroxyl groups excluding tert-OH is 1. The van der Waals surface area contributed by atoms with Crippen molar-refractivity contribution in [2.24, 2.45) is 0 Å². The average molecular weight is 298 g/mol. The number of sulfonamides is 1. The van der Waals surface area contributed by atoms with E-state index in [-0.39, 0.29) is 10.8 Å². The maximum atomic E-state index is 11.9. The normalized spacial score (nSPS) is 13.3. The third-order valence-corrected chi connectivity index (χ3v) is 5.37. The zero-order chi connectivity index (χ0) is 13.9. The second kappa shape index (κ2) is 5.70. The number of thiophene rings is 1. The van der Waals surface area contributed by atoms with E-state index in [0.29, 0.717) is 11.3 Å². The number of hydrogen-bond acceptors (Lipinski definition) is 5. The van der Waals surface area contributed by atoms with Crippen molar-refractivity contribution in [3.8, 4) is 0 Å². The largest absolute Gasteiger partial charge is 0.399 e. The first-order valence-electron chi connectivity index (χ1n) is 5.56. The number of rotatable bonds is 5. The summed E-state index contributed by atoms with van der Waals surface area (Å²) in [7, 11) is -3.54. The van der Waals surface area contributed by atoms with Gasteiger partial charge in [-0.2, -0.15) is 0 Å². The van der Waals surface area contributed by atoms with Crippen molar-refractivity contribution in [2.45, 2.75) is 10.3 Å². The zero-order valence-corrected chi connectivity index (χ0v) is 11.6. The van der Waals surface area contributed by atoms with Gasteiger partial charge in [0.25, 0.3) is 0 Å². The molecule has 0 saturated carbocycles. The molecule has 19 heavy (non-hydrogen) atoms. The number of anilines is 1. The van der Waals surface area contributed by atoms with Crippen molar-refractivity contribution in [2.75, 3.05) is 12.3 Å². The molecule has 0 amide bonds. The summed E-state index contributed by atoms with van der Waals surface area (Å²) in [5.74, 6) is 0. The summed E-state index contributed by atoms with van der Waals surface area (Å²) in [6.07, 6.45) is -0.907. The smallest absolute Gasteiger partial charge is 0.250 e. The highest BCUT2D eigenvalue weighted by atomic mass is 32.2. The summed E-state index contributed by atoms with van der Waals surface area (Å²) in [5, 5.41) is 11.6. The molecule has 1 aromatic carbocycles. The van der Waals surface area contributed by atoms with E-state index >= 15 is 0 Å². The van der Waals surface area contributed by atoms with Crippen LogP contribution in [0.1, 0.15) is 11.7 Å². The van der Waals surface area contributed by atoms with Gasteiger partial charge >= 0.3 is 0 Å². The fourth-order valence-electron chi connectivity index (χ4n) is 1.51. The van der Waals surface area contributed by atoms with Gasteiger partial charge in [0.1, 0.15) is 4.21 Å². The highest BCUT2D eigenvalue weighted by Gasteiger charge is 2.17. The van der Waals surface area contributed by atoms with Crippen LogP contribution in [-0.2, 0) is 10.0 Å². The van der Waals surface area contributed by atoms with Gasteiger partial charge in [0.2, 0.25) is 10.0 Å². The van der Waals surface area contributed by atoms with Gasteiger partial charge in [-0.3, -0.25) is 0 Å². The summed E-state index contributed by atoms with van der Waals surface area (Å²) in [6.45, 7) is -0.0792. The number of benzene rings is 1. The topological polar surface area (TPSA) is 92.4 Å². The Morgan fingerprint density at radius 3 is 2.53 bits per heavy atom. The number of hydrogen-bond donors (Lipinski definition) is 3. The predicted molar refractivity (Wildman–Crippen MR) is 75.3 cm³/mol. The quantitative estimate of drug-likeness (QED) is 0.726. The molecule has 2 rings (SSSR count). The molecule has 1 aromatic heterocycles. The summed E-state index contributed by atoms with van der Waals surface area (Å²) in [6, 6.07) is 9.83. The lowest BCUT2D eigenvalue weighted by molar-refractivity contribution is 0.182. The molecule has 0 aliphatic heterocycles. The fraction of sp³-hybridized carbons (Fsp3) is 0.167. The maximum absolute atomic E-state index is 11.9. The van der Waals surface area contributed by atoms with Crippen LogP contribution < -0.4 is 10.5 Å². The van der Waals surface area contributed by atoms with Crippen molar-refractivity contribution in [1.29, 1.82) is 0 Å². The Bertz CT molecular complexity index is 622. The molecule has 0 radical (unpaired) electrons. The van der Waals surface area contributed by atoms with E-state index in [1.54, 1.807) is 35.7 Å². The Balaban J connectivity index is 2.01. The van der Waals surface area contributed by atoms with Crippen molar-refractivity contribution in [1.82, 2.24) is 4.72 Å². The van der Waals surface area contributed by atoms with Gasteiger partial charge < -0.3 is 10.8 Å². The first-order valence-corrected chi connectivity index (χ1v) is 7.92. The lowest BCUT2D eigenvalue weighted by Crippen LogP contribution is -2.28. The molecule has 0 fully saturated rings. The molecule has 7 heteroatoms. The third-order valence-electron chi connectivity index (χ3n) is 2.55. The molecule has 4 N–H and O–H groups in total. The lowest BCUT2D eigenvalue weighted by Gasteiger charge is -2.12. The van der Waals surface area contributed by atoms with Gasteiger partial charge in [-0.25, -0.2) is 13.1 Å². The van der Waals surface area contributed by atoms with E-state index < -0.39 is 16.1 Å². The lowest BCUT2D eigenvalue weighted by atomic mass is 10.1. The van der Waals surface area contributed by atoms with E-state index in [2.05, 4.69) is 4.72 Å². The Labute approximate surface area is 115 Å². The van der Waals surface area contributed by atoms with Crippen molar-refractivity contribution in [3.05, 3.63) is 47.3 Å². The minimum atomic E-state index is -3.54. The number of nitrogen functional groups attached to an aromatic ring is 1. The minimum absolute atomic E-state index is 0.0792. The van der Waals surface area contributed by atoms with Gasteiger partial charge in [0, 0.05) is 12.2 Å². The molecule has 0 aliphatic carbocycles. The maximum Gasteiger partial charge on any atom is 0.250 e. The number of nitrogens with one attached hydrogen (secondary N) is 1. The van der Waals surface area contributed by atoms with Crippen molar-refractivity contribution < 1.29 is 13.5 Å². The predicted octanol–water partition coefficient (Wildman–Crippen LogP) is 1.34. The van der Waals surface area contributed by atoms with Crippen molar-refractivity contribution in [3.63, 3.8) is 0 Å². The van der Waals surface area contributed by atoms with Crippen LogP contribution in [0.3, 0.4) is 0 Å². The summed E-state index contributed by atoms with van der Waals surface area (Å²) < 4.78 is 26.3. The fourth-order valence-corrected chi connectivity index (χ4v) is 3.59. The van der Waals surface area contributed by atoms with Crippen LogP contribution >= 0.6 is 11.3 Å². The number of nitrogens with two attached hydrogens (primary N) is 1. The standard InChI is InChI=1S/C12H14N2O3S2/c13-10-5-3-9(4-6-10)11(15)8-14-19(16,17)12-2-1-7-18-12/h1-7,11,14-15H,8,13H2. The van der Waals surface area contributed by atoms with Gasteiger partial charge in [-0.15, -0.1) is 11.3 Å². The van der Waals surface area contributed by atoms with Crippen LogP contribution in [0.15, 0.2) is 46.0 Å². The molecule has 0 aliphatic rings. The van der Waals surface area contributed by atoms with E-state index in [4.69, 9.17) is 5.73 Å². The molecule has 5 nitrogen and oxygen atoms in total. The Hall–Kier alpha value is -1.41. The van der Waals surface area contributed by atoms with E-state index in [1.165, 1.54) is 6.07 Å². The summed E-state index contributed by atoms with van der Waals surface area (Å²) >= 11 is 1.13. The minimum Gasteiger partial charge on any atom is -0.399 e. The molecule has 0 bridgehead atoms. The Morgan fingerprint density at radius 1 is 1.26 bits per heavy atom. The first-order chi connectivity index (χ1) is 8.99. The third kappa shape index (κ3) is 3.54. The highest BCUT2D eigenvalue weighted by Crippen LogP contribution is 2.17. The molecular formula is C12H14N2O3S2. The van der Waals surface area contributed by atoms with Crippen LogP contribution in [0, 0.1) is 0 Å². The van der Waals surface area contributed by atoms with Gasteiger partial charge in [-0.1, -0.05) is 18.2 Å². The molecule has 1 heterocycles. The van der Waals surface area contributed by atoms with Gasteiger partial charge in [0.05, 0.1) is 6.10 Å². The second-order valence-electron chi connectivity index (χ2n) is 3.97. The van der Waals surface area contributed by atoms with Crippen LogP contribution in [-0.4, -0.2) is 20.1 Å². The highest BCUT2D eigenvalue weighted by molar-refractivity contribution is 7.91. The monoisotopic (exact) mass is 298 g/mol. The Kier molecular flexibility index (Phi) is 4.20. The average Bonchev–Trinajstić information content (AvgIpc) is 2.91. The summed E-state index contributed by atoms with van der Waals surface area (Å²) in [5.41, 5.74) is 6.75. The molecule has 1 unspecified atom stereocenters. The van der Waals surface area contributed by atoms with Crippen molar-refractivity contribution >= 4 is 27.0 Å². The van der Waals surface area contributed by atoms with Crippen LogP contribution in [0.2, 0.25) is 0 Å². The molecule has 102 valence electrons. The van der Waals surface area contributed by atoms with Gasteiger partial charge in [-0.05, 0) is 29.1 Å². The van der Waals surface area contributed by atoms with E-state index in [9.17, 15) is 13.5 Å². The van der Waals surface area contributed by atoms with E-state index in [0.717, 1.165) is 11.3 Å². The zero-order valence-electron chi connectivity index (χ0n) is 9.98. The Morgan fingerprint density at radius 2 is 1.95 bits per heavy atom. The molecule has 2 aromatic rings. The van der Waals surface area contributed by atoms with Crippen LogP contribution in [0.4, 0.5) is 5.69 Å². The number of aliphatic hydroxyl groups is 1. The van der Waals surface area contributed by atoms with Crippen LogP contribution in [0.5, 0.6) is 0 Å². The molecular weight excluding hydrogens is 284 g/mol. The summed E-state index contributed by atoms with van der Waals surface area (Å²) in [4.78, 5) is 0. The van der Waals surface area contributed by atoms with E-state index in [1.807, 2.05) is 0 Å². The SMILES string of the molecule is Nc1ccc(C(O)CNS(=O)(=O)c2cccs2)cc1. The van der Waals surface area contributed by atoms with Crippen LogP contribution in [0.25, 0.3) is 0 Å².